The molecule has 9 nitrogen and oxygen atoms in total. The van der Waals surface area contributed by atoms with Crippen LogP contribution in [0.15, 0.2) is 14.0 Å². The molecule has 204 valence electrons. The predicted octanol–water partition coefficient (Wildman–Crippen LogP) is 9.26. The molecule has 1 rings (SSSR count). The Morgan fingerprint density at radius 3 is 1.18 bits per heavy atom. The van der Waals surface area contributed by atoms with Gasteiger partial charge in [-0.3, -0.25) is 0 Å². The summed E-state index contributed by atoms with van der Waals surface area (Å²) in [5.74, 6) is -0.765. The molecular formula is C22H50N3O6P3. The van der Waals surface area contributed by atoms with Gasteiger partial charge in [0.1, 0.15) is 11.6 Å². The molecule has 0 aliphatic carbocycles. The molecule has 0 N–H and O–H groups in total. The SMILES string of the molecule is CCCOP1(OCCC)=NC(C)P(OCCC)(OCCC)=NC(C)P(OCCC)(OCCC)=N1. The maximum Gasteiger partial charge on any atom is 0.339 e. The zero-order valence-corrected chi connectivity index (χ0v) is 25.5. The summed E-state index contributed by atoms with van der Waals surface area (Å²) in [4.78, 5) is 0. The van der Waals surface area contributed by atoms with Gasteiger partial charge in [0.05, 0.1) is 39.6 Å². The summed E-state index contributed by atoms with van der Waals surface area (Å²) in [6, 6.07) is 0. The highest BCUT2D eigenvalue weighted by atomic mass is 31.2. The summed E-state index contributed by atoms with van der Waals surface area (Å²) in [7, 11) is -8.80. The van der Waals surface area contributed by atoms with Gasteiger partial charge in [-0.15, -0.1) is 0 Å². The van der Waals surface area contributed by atoms with Gasteiger partial charge in [0.2, 0.25) is 15.0 Å². The zero-order chi connectivity index (χ0) is 25.5. The van der Waals surface area contributed by atoms with E-state index in [2.05, 4.69) is 41.5 Å². The Labute approximate surface area is 209 Å². The Kier molecular flexibility index (Phi) is 16.3. The van der Waals surface area contributed by atoms with Gasteiger partial charge in [-0.05, 0) is 52.4 Å². The summed E-state index contributed by atoms with van der Waals surface area (Å²) in [5, 5.41) is 0. The van der Waals surface area contributed by atoms with Crippen LogP contribution in [-0.2, 0) is 27.1 Å². The zero-order valence-electron chi connectivity index (χ0n) is 22.8. The molecule has 2 unspecified atom stereocenters. The molecule has 1 heterocycles. The van der Waals surface area contributed by atoms with E-state index in [1.165, 1.54) is 0 Å². The van der Waals surface area contributed by atoms with E-state index in [0.717, 1.165) is 38.5 Å². The Balaban J connectivity index is 3.96. The minimum atomic E-state index is -3.08. The van der Waals surface area contributed by atoms with E-state index >= 15 is 0 Å². The van der Waals surface area contributed by atoms with Crippen molar-refractivity contribution in [2.75, 3.05) is 39.6 Å². The first kappa shape index (κ1) is 32.5. The third-order valence-electron chi connectivity index (χ3n) is 4.67. The topological polar surface area (TPSA) is 92.5 Å². The minimum Gasteiger partial charge on any atom is -0.322 e. The average molecular weight is 546 g/mol. The number of hydrogen-bond donors (Lipinski definition) is 0. The molecule has 1 aliphatic heterocycles. The van der Waals surface area contributed by atoms with Crippen LogP contribution in [0.5, 0.6) is 0 Å². The van der Waals surface area contributed by atoms with Crippen LogP contribution in [0.4, 0.5) is 0 Å². The van der Waals surface area contributed by atoms with E-state index in [-0.39, 0.29) is 11.6 Å². The van der Waals surface area contributed by atoms with Gasteiger partial charge in [-0.2, -0.15) is 4.52 Å². The molecule has 0 bridgehead atoms. The van der Waals surface area contributed by atoms with Crippen molar-refractivity contribution >= 4 is 22.7 Å². The number of hydrogen-bond acceptors (Lipinski definition) is 9. The number of nitrogens with zero attached hydrogens (tertiary/aromatic N) is 3. The molecule has 0 radical (unpaired) electrons. The second-order valence-corrected chi connectivity index (χ2v) is 15.7. The van der Waals surface area contributed by atoms with Crippen molar-refractivity contribution < 1.29 is 27.1 Å². The van der Waals surface area contributed by atoms with E-state index in [1.807, 2.05) is 13.8 Å². The van der Waals surface area contributed by atoms with Crippen LogP contribution < -0.4 is 0 Å². The second kappa shape index (κ2) is 17.1. The van der Waals surface area contributed by atoms with E-state index in [4.69, 9.17) is 41.1 Å². The fraction of sp³-hybridized carbons (Fsp3) is 1.00. The van der Waals surface area contributed by atoms with E-state index in [1.54, 1.807) is 0 Å². The van der Waals surface area contributed by atoms with Crippen LogP contribution in [0.2, 0.25) is 0 Å². The first-order valence-electron chi connectivity index (χ1n) is 13.1. The first-order valence-corrected chi connectivity index (χ1v) is 17.9. The van der Waals surface area contributed by atoms with Crippen molar-refractivity contribution in [2.45, 2.75) is 105 Å². The summed E-state index contributed by atoms with van der Waals surface area (Å²) < 4.78 is 54.1. The van der Waals surface area contributed by atoms with E-state index in [0.29, 0.717) is 39.6 Å². The lowest BCUT2D eigenvalue weighted by molar-refractivity contribution is 0.215. The van der Waals surface area contributed by atoms with Crippen LogP contribution in [0.1, 0.15) is 93.9 Å². The number of rotatable bonds is 18. The van der Waals surface area contributed by atoms with Crippen molar-refractivity contribution in [3.63, 3.8) is 0 Å². The van der Waals surface area contributed by atoms with E-state index in [9.17, 15) is 0 Å². The van der Waals surface area contributed by atoms with Crippen molar-refractivity contribution in [1.82, 2.24) is 0 Å². The highest BCUT2D eigenvalue weighted by molar-refractivity contribution is 7.69. The van der Waals surface area contributed by atoms with Crippen molar-refractivity contribution in [2.24, 2.45) is 14.0 Å². The lowest BCUT2D eigenvalue weighted by atomic mass is 10.5. The molecule has 1 aliphatic rings. The lowest BCUT2D eigenvalue weighted by Gasteiger charge is -2.37. The Morgan fingerprint density at radius 1 is 0.471 bits per heavy atom. The van der Waals surface area contributed by atoms with Crippen molar-refractivity contribution in [3.05, 3.63) is 0 Å². The van der Waals surface area contributed by atoms with Gasteiger partial charge in [0.15, 0.2) is 0 Å². The molecule has 0 amide bonds. The summed E-state index contributed by atoms with van der Waals surface area (Å²) >= 11 is 0. The fourth-order valence-corrected chi connectivity index (χ4v) is 12.8. The third kappa shape index (κ3) is 9.39. The second-order valence-electron chi connectivity index (χ2n) is 8.20. The highest BCUT2D eigenvalue weighted by Crippen LogP contribution is 2.74. The van der Waals surface area contributed by atoms with E-state index < -0.39 is 22.7 Å². The monoisotopic (exact) mass is 545 g/mol. The molecular weight excluding hydrogens is 495 g/mol. The Hall–Kier alpha value is 0.450. The quantitative estimate of drug-likeness (QED) is 0.159. The van der Waals surface area contributed by atoms with Crippen LogP contribution >= 0.6 is 22.7 Å². The van der Waals surface area contributed by atoms with Gasteiger partial charge in [0.25, 0.3) is 0 Å². The van der Waals surface area contributed by atoms with Crippen molar-refractivity contribution in [3.8, 4) is 0 Å². The third-order valence-corrected chi connectivity index (χ3v) is 13.6. The molecule has 0 aromatic rings. The maximum atomic E-state index is 6.47. The van der Waals surface area contributed by atoms with Gasteiger partial charge in [0, 0.05) is 0 Å². The van der Waals surface area contributed by atoms with Crippen LogP contribution in [0.25, 0.3) is 0 Å². The molecule has 0 saturated heterocycles. The van der Waals surface area contributed by atoms with Gasteiger partial charge >= 0.3 is 7.66 Å². The van der Waals surface area contributed by atoms with Crippen LogP contribution in [0.3, 0.4) is 0 Å². The Bertz CT molecular complexity index is 699. The molecule has 0 aromatic carbocycles. The fourth-order valence-electron chi connectivity index (χ4n) is 3.02. The molecule has 0 spiro atoms. The van der Waals surface area contributed by atoms with Gasteiger partial charge < -0.3 is 27.1 Å². The van der Waals surface area contributed by atoms with Gasteiger partial charge in [-0.1, -0.05) is 41.5 Å². The average Bonchev–Trinajstić information content (AvgIpc) is 2.84. The summed E-state index contributed by atoms with van der Waals surface area (Å²) in [6.07, 6.45) is 5.04. The molecule has 2 atom stereocenters. The van der Waals surface area contributed by atoms with Crippen LogP contribution in [0, 0.1) is 0 Å². The highest BCUT2D eigenvalue weighted by Gasteiger charge is 2.43. The predicted molar refractivity (Wildman–Crippen MR) is 144 cm³/mol. The standard InChI is InChI=1S/C22H50N3O6P3/c1-9-15-26-32(27-16-10-2)22(8)24-34(30-19-13-5,31-20-14-6)25-33(21(7)23-32,28-17-11-3)29-18-12-4/h21-22H,9-20H2,1-8H3. The molecule has 0 aromatic heterocycles. The Morgan fingerprint density at radius 2 is 0.794 bits per heavy atom. The van der Waals surface area contributed by atoms with Crippen molar-refractivity contribution in [1.29, 1.82) is 0 Å². The largest absolute Gasteiger partial charge is 0.339 e. The molecule has 12 heteroatoms. The van der Waals surface area contributed by atoms with Gasteiger partial charge in [-0.25, -0.2) is 9.49 Å². The molecule has 34 heavy (non-hydrogen) atoms. The smallest absolute Gasteiger partial charge is 0.322 e. The van der Waals surface area contributed by atoms with Crippen LogP contribution in [-0.4, -0.2) is 51.2 Å². The maximum absolute atomic E-state index is 6.47. The molecule has 0 fully saturated rings. The summed E-state index contributed by atoms with van der Waals surface area (Å²) in [5.41, 5.74) is 0. The minimum absolute atomic E-state index is 0.376. The summed E-state index contributed by atoms with van der Waals surface area (Å²) in [6.45, 7) is 19.5. The lowest BCUT2D eigenvalue weighted by Crippen LogP contribution is -2.17. The molecule has 0 saturated carbocycles. The normalized spacial score (nSPS) is 23.3. The first-order chi connectivity index (χ1) is 16.3.